The molecule has 0 saturated heterocycles. The number of terminal acetylenes is 1. The highest BCUT2D eigenvalue weighted by molar-refractivity contribution is 9.10. The molecule has 24 heavy (non-hydrogen) atoms. The fourth-order valence-electron chi connectivity index (χ4n) is 2.32. The van der Waals surface area contributed by atoms with Gasteiger partial charge in [0.2, 0.25) is 5.88 Å². The minimum absolute atomic E-state index is 0.143. The van der Waals surface area contributed by atoms with Crippen LogP contribution in [-0.2, 0) is 6.54 Å². The Kier molecular flexibility index (Phi) is 4.18. The number of fused-ring (bicyclic) bond motifs is 1. The summed E-state index contributed by atoms with van der Waals surface area (Å²) in [6, 6.07) is 6.97. The molecule has 2 N–H and O–H groups in total. The van der Waals surface area contributed by atoms with Gasteiger partial charge in [-0.15, -0.1) is 16.7 Å². The maximum Gasteiger partial charge on any atom is 0.315 e. The zero-order chi connectivity index (χ0) is 17.3. The van der Waals surface area contributed by atoms with E-state index in [1.807, 2.05) is 6.07 Å². The molecule has 0 aliphatic heterocycles. The van der Waals surface area contributed by atoms with Crippen LogP contribution in [0.3, 0.4) is 0 Å². The van der Waals surface area contributed by atoms with Gasteiger partial charge >= 0.3 is 5.91 Å². The van der Waals surface area contributed by atoms with E-state index < -0.39 is 5.91 Å². The van der Waals surface area contributed by atoms with Gasteiger partial charge in [0, 0.05) is 15.6 Å². The molecule has 1 aromatic carbocycles. The number of aromatic amines is 1. The lowest BCUT2D eigenvalue weighted by molar-refractivity contribution is 0.0990. The Morgan fingerprint density at radius 3 is 2.96 bits per heavy atom. The summed E-state index contributed by atoms with van der Waals surface area (Å²) in [4.78, 5) is 12.0. The first kappa shape index (κ1) is 16.0. The largest absolute Gasteiger partial charge is 0.493 e. The molecule has 120 valence electrons. The molecular weight excluding hydrogens is 374 g/mol. The smallest absolute Gasteiger partial charge is 0.315 e. The molecule has 0 fully saturated rings. The molecule has 0 spiro atoms. The van der Waals surface area contributed by atoms with Gasteiger partial charge in [-0.2, -0.15) is 5.10 Å². The van der Waals surface area contributed by atoms with Gasteiger partial charge in [0.05, 0.1) is 12.1 Å². The molecule has 0 aliphatic rings. The summed E-state index contributed by atoms with van der Waals surface area (Å²) in [7, 11) is 0. The summed E-state index contributed by atoms with van der Waals surface area (Å²) in [5.41, 5.74) is 1.78. The van der Waals surface area contributed by atoms with Crippen molar-refractivity contribution in [3.8, 4) is 18.2 Å². The maximum atomic E-state index is 12.0. The normalized spacial score (nSPS) is 11.2. The van der Waals surface area contributed by atoms with Gasteiger partial charge < -0.3 is 5.11 Å². The molecule has 3 aromatic rings. The van der Waals surface area contributed by atoms with Crippen molar-refractivity contribution >= 4 is 38.4 Å². The van der Waals surface area contributed by atoms with Crippen molar-refractivity contribution < 1.29 is 9.90 Å². The van der Waals surface area contributed by atoms with Crippen LogP contribution in [-0.4, -0.2) is 25.8 Å². The number of azo groups is 1. The summed E-state index contributed by atoms with van der Waals surface area (Å²) in [5, 5.41) is 25.1. The summed E-state index contributed by atoms with van der Waals surface area (Å²) < 4.78 is 2.33. The van der Waals surface area contributed by atoms with Crippen molar-refractivity contribution in [2.75, 3.05) is 0 Å². The van der Waals surface area contributed by atoms with E-state index >= 15 is 0 Å². The van der Waals surface area contributed by atoms with Crippen molar-refractivity contribution in [3.63, 3.8) is 0 Å². The average Bonchev–Trinajstić information content (AvgIpc) is 3.09. The number of rotatable bonds is 3. The van der Waals surface area contributed by atoms with Gasteiger partial charge in [0.1, 0.15) is 0 Å². The molecular formula is C16H12BrN5O2. The zero-order valence-corrected chi connectivity index (χ0v) is 14.2. The summed E-state index contributed by atoms with van der Waals surface area (Å²) >= 11 is 3.37. The summed E-state index contributed by atoms with van der Waals surface area (Å²) in [5.74, 6) is 1.73. The molecule has 1 amide bonds. The highest BCUT2D eigenvalue weighted by Crippen LogP contribution is 2.40. The van der Waals surface area contributed by atoms with E-state index in [-0.39, 0.29) is 23.8 Å². The Balaban J connectivity index is 2.07. The number of carbonyl (C=O) groups is 1. The predicted molar refractivity (Wildman–Crippen MR) is 92.3 cm³/mol. The molecule has 0 radical (unpaired) electrons. The van der Waals surface area contributed by atoms with Crippen LogP contribution in [0.25, 0.3) is 10.9 Å². The second kappa shape index (κ2) is 6.29. The van der Waals surface area contributed by atoms with Crippen LogP contribution in [0.4, 0.5) is 5.69 Å². The SMILES string of the molecule is C#CCn1c(O)c(N=NC(=O)c2cc(C)[nH]n2)c2cc(Br)ccc21. The van der Waals surface area contributed by atoms with Crippen molar-refractivity contribution in [2.24, 2.45) is 10.2 Å². The second-order valence-corrected chi connectivity index (χ2v) is 5.98. The van der Waals surface area contributed by atoms with E-state index in [0.29, 0.717) is 10.9 Å². The van der Waals surface area contributed by atoms with E-state index in [4.69, 9.17) is 6.42 Å². The van der Waals surface area contributed by atoms with E-state index in [1.165, 1.54) is 4.57 Å². The summed E-state index contributed by atoms with van der Waals surface area (Å²) in [6.07, 6.45) is 5.35. The molecule has 2 heterocycles. The number of amides is 1. The third-order valence-electron chi connectivity index (χ3n) is 3.39. The number of benzene rings is 1. The van der Waals surface area contributed by atoms with Crippen LogP contribution < -0.4 is 0 Å². The van der Waals surface area contributed by atoms with Gasteiger partial charge in [-0.3, -0.25) is 14.5 Å². The first-order chi connectivity index (χ1) is 11.5. The van der Waals surface area contributed by atoms with E-state index in [9.17, 15) is 9.90 Å². The molecule has 2 aromatic heterocycles. The first-order valence-corrected chi connectivity index (χ1v) is 7.73. The number of H-pyrrole nitrogens is 1. The second-order valence-electron chi connectivity index (χ2n) is 5.07. The van der Waals surface area contributed by atoms with E-state index in [0.717, 1.165) is 10.2 Å². The third kappa shape index (κ3) is 2.81. The molecule has 0 saturated carbocycles. The maximum absolute atomic E-state index is 12.0. The van der Waals surface area contributed by atoms with Gasteiger partial charge in [-0.1, -0.05) is 21.9 Å². The topological polar surface area (TPSA) is 95.6 Å². The van der Waals surface area contributed by atoms with Crippen LogP contribution in [0.1, 0.15) is 16.2 Å². The number of aryl methyl sites for hydroxylation is 1. The Bertz CT molecular complexity index is 1010. The Morgan fingerprint density at radius 2 is 2.29 bits per heavy atom. The average molecular weight is 386 g/mol. The number of aromatic nitrogens is 3. The van der Waals surface area contributed by atoms with E-state index in [1.54, 1.807) is 25.1 Å². The lowest BCUT2D eigenvalue weighted by atomic mass is 10.2. The molecule has 0 unspecified atom stereocenters. The monoisotopic (exact) mass is 385 g/mol. The Morgan fingerprint density at radius 1 is 1.50 bits per heavy atom. The van der Waals surface area contributed by atoms with Gasteiger partial charge in [-0.25, -0.2) is 0 Å². The summed E-state index contributed by atoms with van der Waals surface area (Å²) in [6.45, 7) is 1.95. The predicted octanol–water partition coefficient (Wildman–Crippen LogP) is 3.70. The minimum atomic E-state index is -0.605. The number of aromatic hydroxyl groups is 1. The fourth-order valence-corrected chi connectivity index (χ4v) is 2.68. The number of nitrogens with one attached hydrogen (secondary N) is 1. The first-order valence-electron chi connectivity index (χ1n) is 6.93. The molecule has 3 rings (SSSR count). The van der Waals surface area contributed by atoms with Gasteiger partial charge in [-0.05, 0) is 31.2 Å². The number of nitrogens with zero attached hydrogens (tertiary/aromatic N) is 4. The van der Waals surface area contributed by atoms with Crippen molar-refractivity contribution in [1.29, 1.82) is 0 Å². The number of halogens is 1. The van der Waals surface area contributed by atoms with Gasteiger partial charge in [0.15, 0.2) is 11.4 Å². The quantitative estimate of drug-likeness (QED) is 0.531. The number of hydrogen-bond acceptors (Lipinski definition) is 4. The van der Waals surface area contributed by atoms with Crippen molar-refractivity contribution in [2.45, 2.75) is 13.5 Å². The highest BCUT2D eigenvalue weighted by atomic mass is 79.9. The highest BCUT2D eigenvalue weighted by Gasteiger charge is 2.17. The molecule has 0 aliphatic carbocycles. The Hall–Kier alpha value is -2.92. The zero-order valence-electron chi connectivity index (χ0n) is 12.6. The molecule has 7 nitrogen and oxygen atoms in total. The minimum Gasteiger partial charge on any atom is -0.493 e. The van der Waals surface area contributed by atoms with Crippen LogP contribution in [0, 0.1) is 19.3 Å². The molecule has 0 atom stereocenters. The van der Waals surface area contributed by atoms with Crippen molar-refractivity contribution in [1.82, 2.24) is 14.8 Å². The standard InChI is InChI=1S/C16H12BrN5O2/c1-3-6-22-13-5-4-10(17)8-11(13)14(16(22)24)20-21-15(23)12-7-9(2)18-19-12/h1,4-5,7-8,24H,6H2,2H3,(H,18,19). The lowest BCUT2D eigenvalue weighted by Crippen LogP contribution is -1.94. The van der Waals surface area contributed by atoms with Gasteiger partial charge in [0.25, 0.3) is 0 Å². The Labute approximate surface area is 145 Å². The van der Waals surface area contributed by atoms with Crippen LogP contribution in [0.5, 0.6) is 5.88 Å². The van der Waals surface area contributed by atoms with Crippen LogP contribution in [0.15, 0.2) is 39.0 Å². The number of carbonyl (C=O) groups excluding carboxylic acids is 1. The van der Waals surface area contributed by atoms with Crippen molar-refractivity contribution in [3.05, 3.63) is 40.1 Å². The number of hydrogen-bond donors (Lipinski definition) is 2. The lowest BCUT2D eigenvalue weighted by Gasteiger charge is -2.00. The van der Waals surface area contributed by atoms with E-state index in [2.05, 4.69) is 42.3 Å². The van der Waals surface area contributed by atoms with Crippen LogP contribution >= 0.6 is 15.9 Å². The molecule has 8 heteroatoms. The molecule has 0 bridgehead atoms. The fraction of sp³-hybridized carbons (Fsp3) is 0.125. The third-order valence-corrected chi connectivity index (χ3v) is 3.88. The van der Waals surface area contributed by atoms with Crippen LogP contribution in [0.2, 0.25) is 0 Å².